The van der Waals surface area contributed by atoms with Crippen LogP contribution in [0.1, 0.15) is 18.1 Å². The predicted molar refractivity (Wildman–Crippen MR) is 126 cm³/mol. The molecular weight excluding hydrogens is 420 g/mol. The zero-order valence-corrected chi connectivity index (χ0v) is 19.5. The number of imide groups is 1. The number of nitrogens with one attached hydrogen (secondary N) is 1. The van der Waals surface area contributed by atoms with E-state index in [-0.39, 0.29) is 12.5 Å². The SMILES string of the molecule is COc1ccccc1N1CCN(CC(O)CN2C(=O)NC(C)(c3ccc(C)cc3)C2=O)CC1. The highest BCUT2D eigenvalue weighted by molar-refractivity contribution is 6.07. The number of methoxy groups -OCH3 is 1. The molecule has 176 valence electrons. The molecule has 3 amide bonds. The molecule has 2 unspecified atom stereocenters. The fourth-order valence-electron chi connectivity index (χ4n) is 4.57. The fourth-order valence-corrected chi connectivity index (χ4v) is 4.57. The summed E-state index contributed by atoms with van der Waals surface area (Å²) in [5.74, 6) is 0.512. The number of aliphatic hydroxyl groups is 1. The lowest BCUT2D eigenvalue weighted by molar-refractivity contribution is -0.132. The average Bonchev–Trinajstić information content (AvgIpc) is 3.03. The molecule has 2 fully saturated rings. The van der Waals surface area contributed by atoms with E-state index in [4.69, 9.17) is 4.74 Å². The number of β-amino-alcohol motifs (C(OH)–C–C–N with tert-alkyl or cyclic N) is 1. The molecule has 4 rings (SSSR count). The van der Waals surface area contributed by atoms with Crippen LogP contribution in [0.5, 0.6) is 5.75 Å². The molecule has 0 aliphatic carbocycles. The van der Waals surface area contributed by atoms with Crippen molar-refractivity contribution >= 4 is 17.6 Å². The molecule has 0 bridgehead atoms. The van der Waals surface area contributed by atoms with E-state index in [9.17, 15) is 14.7 Å². The van der Waals surface area contributed by atoms with E-state index in [2.05, 4.69) is 15.1 Å². The Hall–Kier alpha value is -3.10. The van der Waals surface area contributed by atoms with Gasteiger partial charge >= 0.3 is 6.03 Å². The molecule has 8 heteroatoms. The summed E-state index contributed by atoms with van der Waals surface area (Å²) in [6, 6.07) is 15.0. The molecule has 2 N–H and O–H groups in total. The molecule has 2 aromatic carbocycles. The second-order valence-electron chi connectivity index (χ2n) is 8.95. The predicted octanol–water partition coefficient (Wildman–Crippen LogP) is 1.95. The molecule has 0 radical (unpaired) electrons. The number of para-hydroxylation sites is 2. The van der Waals surface area contributed by atoms with Gasteiger partial charge in [0.2, 0.25) is 0 Å². The van der Waals surface area contributed by atoms with Crippen molar-refractivity contribution in [3.63, 3.8) is 0 Å². The minimum absolute atomic E-state index is 0.0289. The molecule has 2 saturated heterocycles. The number of carbonyl (C=O) groups excluding carboxylic acids is 2. The van der Waals surface area contributed by atoms with Crippen molar-refractivity contribution in [2.45, 2.75) is 25.5 Å². The first kappa shape index (κ1) is 23.1. The van der Waals surface area contributed by atoms with Gasteiger partial charge in [-0.25, -0.2) is 4.79 Å². The van der Waals surface area contributed by atoms with Gasteiger partial charge in [-0.1, -0.05) is 42.0 Å². The van der Waals surface area contributed by atoms with Crippen LogP contribution in [-0.4, -0.2) is 79.3 Å². The molecule has 0 spiro atoms. The Morgan fingerprint density at radius 1 is 1.03 bits per heavy atom. The monoisotopic (exact) mass is 452 g/mol. The van der Waals surface area contributed by atoms with Crippen LogP contribution >= 0.6 is 0 Å². The molecule has 0 saturated carbocycles. The van der Waals surface area contributed by atoms with Gasteiger partial charge in [0, 0.05) is 32.7 Å². The van der Waals surface area contributed by atoms with Gasteiger partial charge in [-0.2, -0.15) is 0 Å². The summed E-state index contributed by atoms with van der Waals surface area (Å²) in [5.41, 5.74) is 1.76. The Morgan fingerprint density at radius 2 is 1.70 bits per heavy atom. The number of aliphatic hydroxyl groups excluding tert-OH is 1. The maximum atomic E-state index is 13.1. The van der Waals surface area contributed by atoms with E-state index in [1.165, 1.54) is 0 Å². The van der Waals surface area contributed by atoms with E-state index in [1.54, 1.807) is 14.0 Å². The van der Waals surface area contributed by atoms with Crippen LogP contribution in [0.3, 0.4) is 0 Å². The Labute approximate surface area is 194 Å². The van der Waals surface area contributed by atoms with E-state index >= 15 is 0 Å². The summed E-state index contributed by atoms with van der Waals surface area (Å²) < 4.78 is 5.47. The first-order valence-electron chi connectivity index (χ1n) is 11.3. The summed E-state index contributed by atoms with van der Waals surface area (Å²) in [7, 11) is 1.67. The third-order valence-corrected chi connectivity index (χ3v) is 6.56. The van der Waals surface area contributed by atoms with Crippen LogP contribution in [0.25, 0.3) is 0 Å². The highest BCUT2D eigenvalue weighted by Crippen LogP contribution is 2.30. The van der Waals surface area contributed by atoms with Crippen molar-refractivity contribution in [3.05, 3.63) is 59.7 Å². The first-order chi connectivity index (χ1) is 15.8. The number of ether oxygens (including phenoxy) is 1. The number of nitrogens with zero attached hydrogens (tertiary/aromatic N) is 3. The van der Waals surface area contributed by atoms with Crippen LogP contribution in [0.4, 0.5) is 10.5 Å². The van der Waals surface area contributed by atoms with E-state index in [0.29, 0.717) is 6.54 Å². The van der Waals surface area contributed by atoms with Gasteiger partial charge in [-0.3, -0.25) is 14.6 Å². The topological polar surface area (TPSA) is 85.3 Å². The third kappa shape index (κ3) is 4.67. The number of carbonyl (C=O) groups is 2. The number of piperazine rings is 1. The van der Waals surface area contributed by atoms with Crippen LogP contribution in [0.2, 0.25) is 0 Å². The molecule has 2 aliphatic rings. The summed E-state index contributed by atoms with van der Waals surface area (Å²) in [6.45, 7) is 7.22. The Bertz CT molecular complexity index is 1000. The van der Waals surface area contributed by atoms with Crippen molar-refractivity contribution in [3.8, 4) is 5.75 Å². The maximum absolute atomic E-state index is 13.1. The number of amides is 3. The van der Waals surface area contributed by atoms with Crippen LogP contribution in [0.15, 0.2) is 48.5 Å². The number of benzene rings is 2. The van der Waals surface area contributed by atoms with Gasteiger partial charge < -0.3 is 20.1 Å². The average molecular weight is 453 g/mol. The number of aryl methyl sites for hydroxylation is 1. The highest BCUT2D eigenvalue weighted by atomic mass is 16.5. The minimum Gasteiger partial charge on any atom is -0.495 e. The van der Waals surface area contributed by atoms with Crippen molar-refractivity contribution in [2.75, 3.05) is 51.3 Å². The largest absolute Gasteiger partial charge is 0.495 e. The van der Waals surface area contributed by atoms with Gasteiger partial charge in [-0.15, -0.1) is 0 Å². The number of urea groups is 1. The first-order valence-corrected chi connectivity index (χ1v) is 11.3. The maximum Gasteiger partial charge on any atom is 0.325 e. The summed E-state index contributed by atoms with van der Waals surface area (Å²) in [4.78, 5) is 31.3. The quantitative estimate of drug-likeness (QED) is 0.625. The third-order valence-electron chi connectivity index (χ3n) is 6.56. The van der Waals surface area contributed by atoms with Crippen LogP contribution in [0, 0.1) is 6.92 Å². The van der Waals surface area contributed by atoms with Crippen LogP contribution in [-0.2, 0) is 10.3 Å². The van der Waals surface area contributed by atoms with Gasteiger partial charge in [-0.05, 0) is 31.5 Å². The van der Waals surface area contributed by atoms with Gasteiger partial charge in [0.15, 0.2) is 0 Å². The zero-order valence-electron chi connectivity index (χ0n) is 19.5. The highest BCUT2D eigenvalue weighted by Gasteiger charge is 2.49. The zero-order chi connectivity index (χ0) is 23.6. The summed E-state index contributed by atoms with van der Waals surface area (Å²) in [5, 5.41) is 13.5. The number of rotatable bonds is 7. The molecule has 8 nitrogen and oxygen atoms in total. The van der Waals surface area contributed by atoms with Crippen molar-refractivity contribution < 1.29 is 19.4 Å². The van der Waals surface area contributed by atoms with Gasteiger partial charge in [0.05, 0.1) is 25.4 Å². The Balaban J connectivity index is 1.33. The van der Waals surface area contributed by atoms with E-state index < -0.39 is 17.7 Å². The number of anilines is 1. The van der Waals surface area contributed by atoms with E-state index in [1.807, 2.05) is 55.5 Å². The molecule has 2 aromatic rings. The molecule has 0 aromatic heterocycles. The Morgan fingerprint density at radius 3 is 2.36 bits per heavy atom. The van der Waals surface area contributed by atoms with Crippen molar-refractivity contribution in [2.24, 2.45) is 0 Å². The second-order valence-corrected chi connectivity index (χ2v) is 8.95. The number of hydrogen-bond acceptors (Lipinski definition) is 6. The smallest absolute Gasteiger partial charge is 0.325 e. The van der Waals surface area contributed by atoms with Crippen molar-refractivity contribution in [1.82, 2.24) is 15.1 Å². The normalized spacial score (nSPS) is 22.4. The second kappa shape index (κ2) is 9.41. The van der Waals surface area contributed by atoms with Crippen molar-refractivity contribution in [1.29, 1.82) is 0 Å². The summed E-state index contributed by atoms with van der Waals surface area (Å²) >= 11 is 0. The lowest BCUT2D eigenvalue weighted by Crippen LogP contribution is -2.50. The van der Waals surface area contributed by atoms with Crippen LogP contribution < -0.4 is 15.0 Å². The standard InChI is InChI=1S/C25H32N4O4/c1-18-8-10-19(11-9-18)25(2)23(31)29(24(32)26-25)17-20(30)16-27-12-14-28(15-13-27)21-6-4-5-7-22(21)33-3/h4-11,20,30H,12-17H2,1-3H3,(H,26,32). The molecule has 2 heterocycles. The number of hydrogen-bond donors (Lipinski definition) is 2. The lowest BCUT2D eigenvalue weighted by Gasteiger charge is -2.37. The molecule has 33 heavy (non-hydrogen) atoms. The van der Waals surface area contributed by atoms with Gasteiger partial charge in [0.1, 0.15) is 11.3 Å². The Kier molecular flexibility index (Phi) is 6.58. The fraction of sp³-hybridized carbons (Fsp3) is 0.440. The van der Waals surface area contributed by atoms with E-state index in [0.717, 1.165) is 53.6 Å². The summed E-state index contributed by atoms with van der Waals surface area (Å²) in [6.07, 6.45) is -0.821. The molecular formula is C25H32N4O4. The minimum atomic E-state index is -1.12. The van der Waals surface area contributed by atoms with Gasteiger partial charge in [0.25, 0.3) is 5.91 Å². The molecule has 2 aliphatic heterocycles. The molecule has 2 atom stereocenters. The lowest BCUT2D eigenvalue weighted by atomic mass is 9.91.